The summed E-state index contributed by atoms with van der Waals surface area (Å²) in [5.41, 5.74) is 7.99. The Hall–Kier alpha value is -1.92. The van der Waals surface area contributed by atoms with Gasteiger partial charge in [0.25, 0.3) is 0 Å². The summed E-state index contributed by atoms with van der Waals surface area (Å²) in [6.07, 6.45) is 4.72. The molecule has 2 rings (SSSR count). The summed E-state index contributed by atoms with van der Waals surface area (Å²) in [6.45, 7) is 0. The number of halogens is 2. The molecule has 1 heterocycles. The number of nitrogens with zero attached hydrogens (tertiary/aromatic N) is 2. The van der Waals surface area contributed by atoms with Gasteiger partial charge in [-0.1, -0.05) is 0 Å². The normalized spacial score (nSPS) is 9.36. The zero-order chi connectivity index (χ0) is 14.5. The Morgan fingerprint density at radius 3 is 2.68 bits per heavy atom. The van der Waals surface area contributed by atoms with Crippen LogP contribution < -0.4 is 15.8 Å². The minimum absolute atomic E-state index is 0. The first-order valence-electron chi connectivity index (χ1n) is 6.29. The van der Waals surface area contributed by atoms with Crippen LogP contribution in [0, 0.1) is 0 Å². The molecule has 2 aromatic rings. The Labute approximate surface area is 141 Å². The third-order valence-electron chi connectivity index (χ3n) is 2.91. The molecule has 0 unspecified atom stereocenters. The molecule has 1 aromatic heterocycles. The summed E-state index contributed by atoms with van der Waals surface area (Å²) in [6, 6.07) is 5.17. The van der Waals surface area contributed by atoms with E-state index in [4.69, 9.17) is 10.5 Å². The number of anilines is 2. The van der Waals surface area contributed by atoms with Crippen molar-refractivity contribution in [3.63, 3.8) is 0 Å². The number of nitrogens with one attached hydrogen (secondary N) is 1. The Morgan fingerprint density at radius 1 is 1.41 bits per heavy atom. The van der Waals surface area contributed by atoms with Crippen molar-refractivity contribution in [2.24, 2.45) is 7.05 Å². The zero-order valence-corrected chi connectivity index (χ0v) is 14.0. The van der Waals surface area contributed by atoms with Crippen molar-refractivity contribution >= 4 is 42.1 Å². The summed E-state index contributed by atoms with van der Waals surface area (Å²) in [5.74, 6) is 0.539. The smallest absolute Gasteiger partial charge is 0.224 e. The molecule has 0 aliphatic rings. The number of carbonyl (C=O) groups is 1. The number of rotatable bonds is 5. The number of benzene rings is 1. The van der Waals surface area contributed by atoms with Gasteiger partial charge < -0.3 is 15.8 Å². The topological polar surface area (TPSA) is 82.2 Å². The first kappa shape index (κ1) is 20.1. The molecule has 0 aliphatic carbocycles. The zero-order valence-electron chi connectivity index (χ0n) is 12.4. The molecule has 0 atom stereocenters. The average molecular weight is 347 g/mol. The van der Waals surface area contributed by atoms with E-state index in [1.54, 1.807) is 36.2 Å². The Bertz CT molecular complexity index is 617. The molecule has 0 saturated carbocycles. The number of ether oxygens (including phenoxy) is 1. The number of carbonyl (C=O) groups excluding carboxylic acids is 1. The van der Waals surface area contributed by atoms with E-state index < -0.39 is 0 Å². The van der Waals surface area contributed by atoms with Gasteiger partial charge in [0.05, 0.1) is 19.0 Å². The maximum absolute atomic E-state index is 11.8. The standard InChI is InChI=1S/C14H18N4O2.2ClH/c1-18-9-10(8-16-18)3-6-14(19)17-11-4-5-13(20-2)12(15)7-11;;/h4-5,7-9H,3,6,15H2,1-2H3,(H,17,19);2*1H. The molecule has 1 amide bonds. The van der Waals surface area contributed by atoms with Gasteiger partial charge in [0.2, 0.25) is 5.91 Å². The van der Waals surface area contributed by atoms with Gasteiger partial charge in [0.15, 0.2) is 0 Å². The van der Waals surface area contributed by atoms with E-state index in [9.17, 15) is 4.79 Å². The maximum atomic E-state index is 11.8. The summed E-state index contributed by atoms with van der Waals surface area (Å²) >= 11 is 0. The second-order valence-electron chi connectivity index (χ2n) is 4.53. The van der Waals surface area contributed by atoms with E-state index in [0.29, 0.717) is 30.0 Å². The summed E-state index contributed by atoms with van der Waals surface area (Å²) in [4.78, 5) is 11.8. The van der Waals surface area contributed by atoms with Crippen LogP contribution in [0.3, 0.4) is 0 Å². The number of nitrogen functional groups attached to an aromatic ring is 1. The number of methoxy groups -OCH3 is 1. The minimum atomic E-state index is -0.0570. The molecule has 1 aromatic carbocycles. The first-order chi connectivity index (χ1) is 9.58. The van der Waals surface area contributed by atoms with Gasteiger partial charge in [-0.15, -0.1) is 24.8 Å². The van der Waals surface area contributed by atoms with Crippen LogP contribution >= 0.6 is 24.8 Å². The third-order valence-corrected chi connectivity index (χ3v) is 2.91. The van der Waals surface area contributed by atoms with Gasteiger partial charge in [0.1, 0.15) is 5.75 Å². The highest BCUT2D eigenvalue weighted by atomic mass is 35.5. The number of hydrogen-bond donors (Lipinski definition) is 2. The molecular weight excluding hydrogens is 327 g/mol. The third kappa shape index (κ3) is 5.46. The van der Waals surface area contributed by atoms with Gasteiger partial charge in [-0.2, -0.15) is 5.10 Å². The highest BCUT2D eigenvalue weighted by molar-refractivity contribution is 5.91. The van der Waals surface area contributed by atoms with Gasteiger partial charge in [-0.25, -0.2) is 0 Å². The highest BCUT2D eigenvalue weighted by Crippen LogP contribution is 2.24. The summed E-state index contributed by atoms with van der Waals surface area (Å²) < 4.78 is 6.79. The van der Waals surface area contributed by atoms with Crippen LogP contribution in [0.2, 0.25) is 0 Å². The summed E-state index contributed by atoms with van der Waals surface area (Å²) in [5, 5.41) is 6.87. The average Bonchev–Trinajstić information content (AvgIpc) is 2.82. The molecule has 0 spiro atoms. The van der Waals surface area contributed by atoms with E-state index in [1.807, 2.05) is 13.2 Å². The van der Waals surface area contributed by atoms with Crippen LogP contribution in [-0.4, -0.2) is 22.8 Å². The van der Waals surface area contributed by atoms with E-state index in [0.717, 1.165) is 5.56 Å². The first-order valence-corrected chi connectivity index (χ1v) is 6.29. The lowest BCUT2D eigenvalue weighted by Crippen LogP contribution is -2.12. The fraction of sp³-hybridized carbons (Fsp3) is 0.286. The predicted molar refractivity (Wildman–Crippen MR) is 92.1 cm³/mol. The highest BCUT2D eigenvalue weighted by Gasteiger charge is 2.06. The van der Waals surface area contributed by atoms with Gasteiger partial charge in [-0.3, -0.25) is 9.48 Å². The van der Waals surface area contributed by atoms with Crippen molar-refractivity contribution in [2.45, 2.75) is 12.8 Å². The van der Waals surface area contributed by atoms with Crippen LogP contribution in [0.15, 0.2) is 30.6 Å². The lowest BCUT2D eigenvalue weighted by molar-refractivity contribution is -0.116. The van der Waals surface area contributed by atoms with E-state index in [1.165, 1.54) is 0 Å². The van der Waals surface area contributed by atoms with Crippen LogP contribution in [0.25, 0.3) is 0 Å². The molecular formula is C14H20Cl2N4O2. The minimum Gasteiger partial charge on any atom is -0.495 e. The van der Waals surface area contributed by atoms with Crippen molar-refractivity contribution < 1.29 is 9.53 Å². The predicted octanol–water partition coefficient (Wildman–Crippen LogP) is 2.43. The molecule has 122 valence electrons. The number of nitrogens with two attached hydrogens (primary N) is 1. The van der Waals surface area contributed by atoms with Crippen LogP contribution in [0.4, 0.5) is 11.4 Å². The van der Waals surface area contributed by atoms with Gasteiger partial charge >= 0.3 is 0 Å². The lowest BCUT2D eigenvalue weighted by atomic mass is 10.2. The number of aryl methyl sites for hydroxylation is 2. The number of hydrogen-bond acceptors (Lipinski definition) is 4. The largest absolute Gasteiger partial charge is 0.495 e. The van der Waals surface area contributed by atoms with Crippen molar-refractivity contribution in [2.75, 3.05) is 18.2 Å². The molecule has 0 aliphatic heterocycles. The fourth-order valence-corrected chi connectivity index (χ4v) is 1.89. The SMILES string of the molecule is COc1ccc(NC(=O)CCc2cnn(C)c2)cc1N.Cl.Cl. The molecule has 0 saturated heterocycles. The quantitative estimate of drug-likeness (QED) is 0.814. The second kappa shape index (κ2) is 9.17. The van der Waals surface area contributed by atoms with Crippen LogP contribution in [-0.2, 0) is 18.3 Å². The van der Waals surface area contributed by atoms with Gasteiger partial charge in [0, 0.05) is 25.4 Å². The molecule has 6 nitrogen and oxygen atoms in total. The summed E-state index contributed by atoms with van der Waals surface area (Å²) in [7, 11) is 3.40. The fourth-order valence-electron chi connectivity index (χ4n) is 1.89. The Kier molecular flexibility index (Phi) is 8.37. The van der Waals surface area contributed by atoms with Crippen molar-refractivity contribution in [3.8, 4) is 5.75 Å². The molecule has 0 radical (unpaired) electrons. The van der Waals surface area contributed by atoms with Gasteiger partial charge in [-0.05, 0) is 30.2 Å². The molecule has 8 heteroatoms. The second-order valence-corrected chi connectivity index (χ2v) is 4.53. The maximum Gasteiger partial charge on any atom is 0.224 e. The van der Waals surface area contributed by atoms with Crippen molar-refractivity contribution in [1.82, 2.24) is 9.78 Å². The molecule has 3 N–H and O–H groups in total. The van der Waals surface area contributed by atoms with Crippen LogP contribution in [0.1, 0.15) is 12.0 Å². The molecule has 0 bridgehead atoms. The van der Waals surface area contributed by atoms with Crippen molar-refractivity contribution in [1.29, 1.82) is 0 Å². The molecule has 0 fully saturated rings. The van der Waals surface area contributed by atoms with E-state index >= 15 is 0 Å². The lowest BCUT2D eigenvalue weighted by Gasteiger charge is -2.08. The van der Waals surface area contributed by atoms with E-state index in [-0.39, 0.29) is 30.7 Å². The van der Waals surface area contributed by atoms with E-state index in [2.05, 4.69) is 10.4 Å². The van der Waals surface area contributed by atoms with Crippen LogP contribution in [0.5, 0.6) is 5.75 Å². The number of aromatic nitrogens is 2. The Morgan fingerprint density at radius 2 is 2.14 bits per heavy atom. The number of amides is 1. The monoisotopic (exact) mass is 346 g/mol. The molecule has 22 heavy (non-hydrogen) atoms. The van der Waals surface area contributed by atoms with Crippen molar-refractivity contribution in [3.05, 3.63) is 36.2 Å². The Balaban J connectivity index is 0.00000220.